The molecule has 0 heteroatoms. The van der Waals surface area contributed by atoms with Crippen LogP contribution in [0.3, 0.4) is 0 Å². The van der Waals surface area contributed by atoms with Gasteiger partial charge in [-0.3, -0.25) is 0 Å². The van der Waals surface area contributed by atoms with Crippen LogP contribution in [-0.2, 0) is 0 Å². The Morgan fingerprint density at radius 1 is 0.560 bits per heavy atom. The third-order valence-corrected chi connectivity index (χ3v) is 9.10. The maximum Gasteiger partial charge on any atom is -0.00977 e. The molecule has 282 valence electrons. The Kier molecular flexibility index (Phi) is 29.3. The first-order valence-electron chi connectivity index (χ1n) is 19.8. The van der Waals surface area contributed by atoms with E-state index >= 15 is 0 Å². The molecule has 0 heterocycles. The molecule has 0 aromatic heterocycles. The van der Waals surface area contributed by atoms with Crippen molar-refractivity contribution in [3.05, 3.63) is 142 Å². The molecule has 2 aliphatic carbocycles. The highest BCUT2D eigenvalue weighted by molar-refractivity contribution is 5.45. The number of rotatable bonds is 10. The maximum atomic E-state index is 4.25. The second kappa shape index (κ2) is 28.6. The minimum atomic E-state index is 0.210. The summed E-state index contributed by atoms with van der Waals surface area (Å²) in [6, 6.07) is 0. The van der Waals surface area contributed by atoms with Crippen LogP contribution < -0.4 is 0 Å². The molecule has 0 saturated carbocycles. The van der Waals surface area contributed by atoms with Crippen molar-refractivity contribution in [1.29, 1.82) is 0 Å². The molecule has 0 aliphatic heterocycles. The molecule has 1 atom stereocenters. The molecule has 2 rings (SSSR count). The summed E-state index contributed by atoms with van der Waals surface area (Å²) in [6.45, 7) is 45.2. The van der Waals surface area contributed by atoms with E-state index in [4.69, 9.17) is 0 Å². The standard InChI is InChI=1S/C42H58.4C2H6/c1-31(19-15-21-33(3)23-25-39-37(7)35(5)27-29-41(39,9)10)17-13-14-18-32(2)20-16-22-34(4)24-26-40-38(8)36(6)28-30-42(40,11)12;4*1-2/h13-26,36H,5,27-30H2,1-4,6-12H3;4*1-2H3/b14-13+,19-15+,20-16+,25-23+,26-24+,31-17+,32-18+,33-21+,34-22+;;;;. The van der Waals surface area contributed by atoms with Gasteiger partial charge in [0.05, 0.1) is 0 Å². The molecular weight excluding hydrogens is 601 g/mol. The molecular formula is C50H82. The van der Waals surface area contributed by atoms with Crippen molar-refractivity contribution in [3.63, 3.8) is 0 Å². The van der Waals surface area contributed by atoms with Gasteiger partial charge >= 0.3 is 0 Å². The Labute approximate surface area is 314 Å². The Balaban J connectivity index is -0.00000257. The highest BCUT2D eigenvalue weighted by Gasteiger charge is 2.30. The second-order valence-electron chi connectivity index (χ2n) is 13.9. The molecule has 0 fully saturated rings. The van der Waals surface area contributed by atoms with Crippen LogP contribution in [0.4, 0.5) is 0 Å². The summed E-state index contributed by atoms with van der Waals surface area (Å²) < 4.78 is 0. The predicted octanol–water partition coefficient (Wildman–Crippen LogP) is 17.1. The third-order valence-electron chi connectivity index (χ3n) is 9.10. The zero-order chi connectivity index (χ0) is 39.5. The van der Waals surface area contributed by atoms with E-state index < -0.39 is 0 Å². The van der Waals surface area contributed by atoms with Crippen LogP contribution in [0.25, 0.3) is 0 Å². The van der Waals surface area contributed by atoms with Gasteiger partial charge in [-0.25, -0.2) is 0 Å². The van der Waals surface area contributed by atoms with Crippen LogP contribution in [0.15, 0.2) is 142 Å². The molecule has 0 N–H and O–H groups in total. The van der Waals surface area contributed by atoms with E-state index in [1.807, 2.05) is 55.4 Å². The highest BCUT2D eigenvalue weighted by atomic mass is 14.3. The minimum absolute atomic E-state index is 0.210. The Morgan fingerprint density at radius 2 is 0.920 bits per heavy atom. The quantitative estimate of drug-likeness (QED) is 0.201. The van der Waals surface area contributed by atoms with Crippen LogP contribution >= 0.6 is 0 Å². The van der Waals surface area contributed by atoms with Crippen molar-refractivity contribution in [2.24, 2.45) is 16.7 Å². The highest BCUT2D eigenvalue weighted by Crippen LogP contribution is 2.44. The molecule has 0 spiro atoms. The van der Waals surface area contributed by atoms with Gasteiger partial charge in [0, 0.05) is 0 Å². The lowest BCUT2D eigenvalue weighted by atomic mass is 9.69. The minimum Gasteiger partial charge on any atom is -0.0956 e. The average molecular weight is 683 g/mol. The van der Waals surface area contributed by atoms with E-state index in [0.29, 0.717) is 5.92 Å². The van der Waals surface area contributed by atoms with Crippen molar-refractivity contribution in [2.75, 3.05) is 0 Å². The van der Waals surface area contributed by atoms with Gasteiger partial charge in [0.25, 0.3) is 0 Å². The van der Waals surface area contributed by atoms with E-state index in [1.165, 1.54) is 63.8 Å². The predicted molar refractivity (Wildman–Crippen MR) is 236 cm³/mol. The summed E-state index contributed by atoms with van der Waals surface area (Å²) >= 11 is 0. The number of hydrogen-bond acceptors (Lipinski definition) is 0. The monoisotopic (exact) mass is 683 g/mol. The van der Waals surface area contributed by atoms with Crippen molar-refractivity contribution in [1.82, 2.24) is 0 Å². The fraction of sp³-hybridized carbons (Fsp3) is 0.520. The first-order valence-corrected chi connectivity index (χ1v) is 19.8. The Hall–Kier alpha value is -3.12. The third kappa shape index (κ3) is 19.9. The molecule has 0 aromatic rings. The van der Waals surface area contributed by atoms with E-state index in [2.05, 4.69) is 168 Å². The van der Waals surface area contributed by atoms with Crippen LogP contribution in [0.5, 0.6) is 0 Å². The van der Waals surface area contributed by atoms with E-state index in [-0.39, 0.29) is 10.8 Å². The summed E-state index contributed by atoms with van der Waals surface area (Å²) in [5.41, 5.74) is 12.5. The van der Waals surface area contributed by atoms with Gasteiger partial charge in [-0.05, 0) is 101 Å². The van der Waals surface area contributed by atoms with Crippen LogP contribution in [0.1, 0.15) is 157 Å². The molecule has 0 saturated heterocycles. The van der Waals surface area contributed by atoms with Crippen molar-refractivity contribution in [2.45, 2.75) is 157 Å². The lowest BCUT2D eigenvalue weighted by Gasteiger charge is -2.36. The topological polar surface area (TPSA) is 0 Å². The first kappa shape index (κ1) is 51.3. The summed E-state index contributed by atoms with van der Waals surface area (Å²) in [7, 11) is 0. The van der Waals surface area contributed by atoms with Gasteiger partial charge in [0.1, 0.15) is 0 Å². The molecule has 1 unspecified atom stereocenters. The molecule has 50 heavy (non-hydrogen) atoms. The van der Waals surface area contributed by atoms with Gasteiger partial charge in [-0.2, -0.15) is 0 Å². The zero-order valence-corrected chi connectivity index (χ0v) is 36.7. The van der Waals surface area contributed by atoms with Crippen molar-refractivity contribution >= 4 is 0 Å². The van der Waals surface area contributed by atoms with Crippen molar-refractivity contribution < 1.29 is 0 Å². The fourth-order valence-corrected chi connectivity index (χ4v) is 5.69. The second-order valence-corrected chi connectivity index (χ2v) is 13.9. The smallest absolute Gasteiger partial charge is 0.00977 e. The van der Waals surface area contributed by atoms with Gasteiger partial charge in [-0.1, -0.05) is 215 Å². The van der Waals surface area contributed by atoms with E-state index in [9.17, 15) is 0 Å². The zero-order valence-electron chi connectivity index (χ0n) is 36.7. The molecule has 0 bridgehead atoms. The van der Waals surface area contributed by atoms with Crippen LogP contribution in [0, 0.1) is 16.7 Å². The van der Waals surface area contributed by atoms with Gasteiger partial charge in [0.15, 0.2) is 0 Å². The van der Waals surface area contributed by atoms with E-state index in [0.717, 1.165) is 6.42 Å². The molecule has 0 aromatic carbocycles. The van der Waals surface area contributed by atoms with E-state index in [1.54, 1.807) is 5.57 Å². The summed E-state index contributed by atoms with van der Waals surface area (Å²) in [5.74, 6) is 0.689. The molecule has 0 nitrogen and oxygen atoms in total. The molecule has 0 amide bonds. The normalized spacial score (nSPS) is 20.1. The number of hydrogen-bond donors (Lipinski definition) is 0. The summed E-state index contributed by atoms with van der Waals surface area (Å²) in [6.07, 6.45) is 35.4. The summed E-state index contributed by atoms with van der Waals surface area (Å²) in [4.78, 5) is 0. The first-order chi connectivity index (χ1) is 23.6. The molecule has 0 radical (unpaired) electrons. The van der Waals surface area contributed by atoms with Crippen LogP contribution in [-0.4, -0.2) is 0 Å². The Morgan fingerprint density at radius 3 is 1.36 bits per heavy atom. The van der Waals surface area contributed by atoms with Crippen LogP contribution in [0.2, 0.25) is 0 Å². The van der Waals surface area contributed by atoms with Gasteiger partial charge < -0.3 is 0 Å². The average Bonchev–Trinajstić information content (AvgIpc) is 3.10. The lowest BCUT2D eigenvalue weighted by Crippen LogP contribution is -2.23. The summed E-state index contributed by atoms with van der Waals surface area (Å²) in [5, 5.41) is 0. The maximum absolute atomic E-state index is 4.25. The Bertz CT molecular complexity index is 1320. The SMILES string of the molecule is C=C1CCC(C)(C)C(/C=C/C(C)=C/C=C/C(C)=C/C=C/C=C(C)/C=C/C=C(C)/C=C/C2=C(C)C(C)CCC2(C)C)=C1C.CC.CC.CC.CC. The number of allylic oxidation sites excluding steroid dienone is 23. The van der Waals surface area contributed by atoms with Crippen molar-refractivity contribution in [3.8, 4) is 0 Å². The molecule has 2 aliphatic rings. The lowest BCUT2D eigenvalue weighted by molar-refractivity contribution is 0.339. The van der Waals surface area contributed by atoms with Gasteiger partial charge in [-0.15, -0.1) is 0 Å². The fourth-order valence-electron chi connectivity index (χ4n) is 5.69. The van der Waals surface area contributed by atoms with Gasteiger partial charge in [0.2, 0.25) is 0 Å². The largest absolute Gasteiger partial charge is 0.0956 e.